The lowest BCUT2D eigenvalue weighted by atomic mass is 9.98. The van der Waals surface area contributed by atoms with E-state index in [4.69, 9.17) is 9.47 Å². The minimum absolute atomic E-state index is 0.0181. The number of aromatic amines is 1. The van der Waals surface area contributed by atoms with Crippen molar-refractivity contribution in [2.45, 2.75) is 18.3 Å². The second-order valence-corrected chi connectivity index (χ2v) is 9.08. The highest BCUT2D eigenvalue weighted by molar-refractivity contribution is 5.84. The van der Waals surface area contributed by atoms with Crippen molar-refractivity contribution < 1.29 is 33.6 Å². The van der Waals surface area contributed by atoms with Gasteiger partial charge in [0.05, 0.1) is 24.3 Å². The van der Waals surface area contributed by atoms with Gasteiger partial charge in [-0.15, -0.1) is 0 Å². The van der Waals surface area contributed by atoms with Gasteiger partial charge in [-0.3, -0.25) is 0 Å². The summed E-state index contributed by atoms with van der Waals surface area (Å²) < 4.78 is 41.4. The van der Waals surface area contributed by atoms with Crippen LogP contribution in [0, 0.1) is 11.6 Å². The number of aliphatic hydroxyl groups is 2. The molecule has 3 aromatic carbocycles. The van der Waals surface area contributed by atoms with E-state index in [1.54, 1.807) is 24.3 Å². The number of fused-ring (bicyclic) bond motifs is 1. The fourth-order valence-electron chi connectivity index (χ4n) is 4.57. The predicted molar refractivity (Wildman–Crippen MR) is 137 cm³/mol. The van der Waals surface area contributed by atoms with Crippen molar-refractivity contribution in [1.29, 1.82) is 0 Å². The first-order valence-corrected chi connectivity index (χ1v) is 12.1. The van der Waals surface area contributed by atoms with Gasteiger partial charge in [0.15, 0.2) is 17.7 Å². The maximum atomic E-state index is 15.5. The maximum absolute atomic E-state index is 15.5. The summed E-state index contributed by atoms with van der Waals surface area (Å²) in [6.45, 7) is -0.354. The van der Waals surface area contributed by atoms with Crippen molar-refractivity contribution >= 4 is 11.0 Å². The third-order valence-corrected chi connectivity index (χ3v) is 6.62. The number of ether oxygens (including phenoxy) is 2. The lowest BCUT2D eigenvalue weighted by molar-refractivity contribution is -0.00390. The van der Waals surface area contributed by atoms with E-state index < -0.39 is 29.9 Å². The van der Waals surface area contributed by atoms with E-state index >= 15 is 8.78 Å². The molecule has 0 bridgehead atoms. The number of hydrogen-bond acceptors (Lipinski definition) is 8. The quantitative estimate of drug-likeness (QED) is 0.259. The molecule has 0 aliphatic carbocycles. The molecular formula is C28H22F2N4O5. The van der Waals surface area contributed by atoms with Gasteiger partial charge in [0.1, 0.15) is 23.5 Å². The standard InChI is InChI=1S/C28H22F2N4O5/c29-18-11-19-25(34-28(32-19)39-21-13-38-20(12-35)26(21)37)24(30)23(18)16-5-1-14(2-6-16)15-3-7-17(8-4-15)27-31-10-9-22(36)33-27/h1-11,20-21,26,35,37H,12-13H2,(H,32,34)(H,31,33,36)/t20-,21-,26?/m1/s1. The van der Waals surface area contributed by atoms with E-state index in [1.165, 1.54) is 12.3 Å². The maximum Gasteiger partial charge on any atom is 0.295 e. The zero-order valence-corrected chi connectivity index (χ0v) is 20.3. The topological polar surface area (TPSA) is 134 Å². The first kappa shape index (κ1) is 24.9. The van der Waals surface area contributed by atoms with Crippen molar-refractivity contribution in [3.63, 3.8) is 0 Å². The Labute approximate surface area is 220 Å². The van der Waals surface area contributed by atoms with Crippen LogP contribution in [-0.4, -0.2) is 66.8 Å². The summed E-state index contributed by atoms with van der Waals surface area (Å²) in [4.78, 5) is 15.0. The molecule has 198 valence electrons. The van der Waals surface area contributed by atoms with Crippen molar-refractivity contribution in [2.75, 3.05) is 13.2 Å². The van der Waals surface area contributed by atoms with Crippen LogP contribution in [0.3, 0.4) is 0 Å². The summed E-state index contributed by atoms with van der Waals surface area (Å²) >= 11 is 0. The highest BCUT2D eigenvalue weighted by atomic mass is 19.1. The van der Waals surface area contributed by atoms with Crippen LogP contribution >= 0.6 is 0 Å². The van der Waals surface area contributed by atoms with Gasteiger partial charge in [-0.1, -0.05) is 48.5 Å². The molecule has 4 N–H and O–H groups in total. The van der Waals surface area contributed by atoms with Gasteiger partial charge in [-0.25, -0.2) is 13.8 Å². The number of aromatic nitrogens is 4. The Hall–Kier alpha value is -4.45. The zero-order valence-electron chi connectivity index (χ0n) is 20.3. The molecule has 6 rings (SSSR count). The Morgan fingerprint density at radius 2 is 1.62 bits per heavy atom. The van der Waals surface area contributed by atoms with Gasteiger partial charge in [0.2, 0.25) is 5.88 Å². The van der Waals surface area contributed by atoms with Crippen LogP contribution in [0.25, 0.3) is 44.7 Å². The Morgan fingerprint density at radius 3 is 2.26 bits per heavy atom. The number of nitrogens with one attached hydrogen (secondary N) is 1. The molecule has 0 spiro atoms. The number of halogens is 2. The Bertz CT molecular complexity index is 1640. The molecule has 5 aromatic rings. The second-order valence-electron chi connectivity index (χ2n) is 9.08. The van der Waals surface area contributed by atoms with Crippen molar-refractivity contribution in [1.82, 2.24) is 19.9 Å². The lowest BCUT2D eigenvalue weighted by Crippen LogP contribution is -2.36. The van der Waals surface area contributed by atoms with Crippen LogP contribution in [0.4, 0.5) is 8.78 Å². The Morgan fingerprint density at radius 1 is 0.949 bits per heavy atom. The molecule has 11 heteroatoms. The Kier molecular flexibility index (Phi) is 6.39. The van der Waals surface area contributed by atoms with E-state index in [1.807, 2.05) is 24.3 Å². The van der Waals surface area contributed by atoms with Gasteiger partial charge >= 0.3 is 0 Å². The number of nitrogens with zero attached hydrogens (tertiary/aromatic N) is 3. The molecule has 1 saturated heterocycles. The first-order valence-electron chi connectivity index (χ1n) is 12.1. The zero-order chi connectivity index (χ0) is 27.1. The highest BCUT2D eigenvalue weighted by Crippen LogP contribution is 2.34. The van der Waals surface area contributed by atoms with Gasteiger partial charge in [0.25, 0.3) is 6.01 Å². The Balaban J connectivity index is 1.25. The van der Waals surface area contributed by atoms with E-state index in [0.29, 0.717) is 11.4 Å². The number of hydrogen-bond donors (Lipinski definition) is 4. The molecule has 1 aliphatic rings. The lowest BCUT2D eigenvalue weighted by Gasteiger charge is -2.15. The van der Waals surface area contributed by atoms with Crippen LogP contribution in [0.5, 0.6) is 11.9 Å². The molecule has 0 radical (unpaired) electrons. The van der Waals surface area contributed by atoms with E-state index in [-0.39, 0.29) is 41.7 Å². The molecule has 39 heavy (non-hydrogen) atoms. The summed E-state index contributed by atoms with van der Waals surface area (Å²) in [6, 6.07) is 16.6. The third-order valence-electron chi connectivity index (χ3n) is 6.62. The fourth-order valence-corrected chi connectivity index (χ4v) is 4.57. The summed E-state index contributed by atoms with van der Waals surface area (Å²) in [5.41, 5.74) is 2.53. The molecule has 1 fully saturated rings. The minimum atomic E-state index is -1.09. The van der Waals surface area contributed by atoms with Gasteiger partial charge in [0, 0.05) is 23.9 Å². The van der Waals surface area contributed by atoms with Crippen LogP contribution in [0.2, 0.25) is 0 Å². The van der Waals surface area contributed by atoms with Crippen molar-refractivity contribution in [2.24, 2.45) is 0 Å². The van der Waals surface area contributed by atoms with Gasteiger partial charge in [-0.05, 0) is 16.7 Å². The van der Waals surface area contributed by atoms with E-state index in [2.05, 4.69) is 19.9 Å². The molecular weight excluding hydrogens is 510 g/mol. The van der Waals surface area contributed by atoms with Crippen LogP contribution in [0.1, 0.15) is 0 Å². The molecule has 3 heterocycles. The molecule has 1 unspecified atom stereocenters. The van der Waals surface area contributed by atoms with Crippen molar-refractivity contribution in [3.05, 3.63) is 78.5 Å². The van der Waals surface area contributed by atoms with E-state index in [0.717, 1.165) is 22.8 Å². The van der Waals surface area contributed by atoms with Crippen molar-refractivity contribution in [3.8, 4) is 45.5 Å². The van der Waals surface area contributed by atoms with Crippen LogP contribution in [-0.2, 0) is 4.74 Å². The molecule has 1 aliphatic heterocycles. The molecule has 9 nitrogen and oxygen atoms in total. The normalized spacial score (nSPS) is 19.0. The summed E-state index contributed by atoms with van der Waals surface area (Å²) in [6.07, 6.45) is -1.22. The van der Waals surface area contributed by atoms with Crippen LogP contribution < -0.4 is 4.74 Å². The third kappa shape index (κ3) is 4.67. The fraction of sp³-hybridized carbons (Fsp3) is 0.179. The average molecular weight is 533 g/mol. The van der Waals surface area contributed by atoms with Gasteiger partial charge < -0.3 is 29.8 Å². The number of benzene rings is 3. The molecule has 3 atom stereocenters. The van der Waals surface area contributed by atoms with E-state index in [9.17, 15) is 15.3 Å². The number of aromatic hydroxyl groups is 1. The highest BCUT2D eigenvalue weighted by Gasteiger charge is 2.37. The van der Waals surface area contributed by atoms with Gasteiger partial charge in [-0.2, -0.15) is 9.97 Å². The monoisotopic (exact) mass is 532 g/mol. The molecule has 2 aromatic heterocycles. The molecule has 0 saturated carbocycles. The number of rotatable bonds is 6. The summed E-state index contributed by atoms with van der Waals surface area (Å²) in [5, 5.41) is 28.9. The number of aliphatic hydroxyl groups excluding tert-OH is 2. The second kappa shape index (κ2) is 10.0. The SMILES string of the molecule is OC[C@H]1OC[C@@H](Oc2nc3c(F)c(-c4ccc(-c5ccc(-c6nccc(O)n6)cc5)cc4)c(F)cc3[nH]2)C1O. The van der Waals surface area contributed by atoms with Crippen LogP contribution in [0.15, 0.2) is 66.9 Å². The predicted octanol–water partition coefficient (Wildman–Crippen LogP) is 3.84. The summed E-state index contributed by atoms with van der Waals surface area (Å²) in [5.74, 6) is -1.35. The summed E-state index contributed by atoms with van der Waals surface area (Å²) in [7, 11) is 0. The molecule has 0 amide bonds. The average Bonchev–Trinajstić information content (AvgIpc) is 3.52. The smallest absolute Gasteiger partial charge is 0.295 e. The minimum Gasteiger partial charge on any atom is -0.493 e. The first-order chi connectivity index (χ1) is 18.9. The number of H-pyrrole nitrogens is 1. The largest absolute Gasteiger partial charge is 0.493 e. The number of imidazole rings is 1.